The highest BCUT2D eigenvalue weighted by atomic mass is 35.5. The highest BCUT2D eigenvalue weighted by Crippen LogP contribution is 2.27. The van der Waals surface area contributed by atoms with Crippen molar-refractivity contribution in [3.63, 3.8) is 0 Å². The van der Waals surface area contributed by atoms with E-state index in [1.165, 1.54) is 17.5 Å². The first-order chi connectivity index (χ1) is 9.11. The minimum absolute atomic E-state index is 0.197. The molecule has 1 saturated carbocycles. The zero-order valence-electron chi connectivity index (χ0n) is 11.7. The Hall–Kier alpha value is -1.03. The van der Waals surface area contributed by atoms with Crippen LogP contribution in [0.1, 0.15) is 46.0 Å². The van der Waals surface area contributed by atoms with Crippen LogP contribution in [0.2, 0.25) is 5.02 Å². The molecule has 1 heterocycles. The average Bonchev–Trinajstić information content (AvgIpc) is 2.39. The van der Waals surface area contributed by atoms with Crippen LogP contribution in [0, 0.1) is 5.92 Å². The number of hydrogen-bond donors (Lipinski definition) is 1. The third kappa shape index (κ3) is 3.50. The van der Waals surface area contributed by atoms with E-state index >= 15 is 0 Å². The van der Waals surface area contributed by atoms with Gasteiger partial charge in [-0.3, -0.25) is 4.79 Å². The number of hydrogen-bond acceptors (Lipinski definition) is 3. The summed E-state index contributed by atoms with van der Waals surface area (Å²) in [5.41, 5.74) is 0.482. The van der Waals surface area contributed by atoms with E-state index in [1.807, 2.05) is 6.92 Å². The van der Waals surface area contributed by atoms with E-state index in [9.17, 15) is 4.79 Å². The van der Waals surface area contributed by atoms with Crippen LogP contribution in [0.25, 0.3) is 0 Å². The summed E-state index contributed by atoms with van der Waals surface area (Å²) >= 11 is 6.15. The number of anilines is 1. The maximum Gasteiger partial charge on any atom is 0.287 e. The standard InChI is InChI=1S/C14H22ClN3O/c1-3-7-18-14(19)13(15)12(9-16-18)17-11-6-4-5-10(2)8-11/h9-11,17H,3-8H2,1-2H3. The highest BCUT2D eigenvalue weighted by molar-refractivity contribution is 6.32. The van der Waals surface area contributed by atoms with Crippen molar-refractivity contribution in [1.29, 1.82) is 0 Å². The molecule has 1 fully saturated rings. The average molecular weight is 284 g/mol. The lowest BCUT2D eigenvalue weighted by molar-refractivity contribution is 0.358. The summed E-state index contributed by atoms with van der Waals surface area (Å²) in [6.07, 6.45) is 7.35. The minimum Gasteiger partial charge on any atom is -0.380 e. The SMILES string of the molecule is CCCn1ncc(NC2CCCC(C)C2)c(Cl)c1=O. The number of rotatable bonds is 4. The molecule has 1 aromatic rings. The summed E-state index contributed by atoms with van der Waals surface area (Å²) in [4.78, 5) is 12.0. The van der Waals surface area contributed by atoms with Gasteiger partial charge in [-0.15, -0.1) is 0 Å². The van der Waals surface area contributed by atoms with Gasteiger partial charge >= 0.3 is 0 Å². The molecule has 19 heavy (non-hydrogen) atoms. The van der Waals surface area contributed by atoms with Gasteiger partial charge < -0.3 is 5.32 Å². The van der Waals surface area contributed by atoms with Crippen molar-refractivity contribution in [3.8, 4) is 0 Å². The lowest BCUT2D eigenvalue weighted by atomic mass is 9.87. The van der Waals surface area contributed by atoms with Crippen LogP contribution in [0.15, 0.2) is 11.0 Å². The molecule has 2 rings (SSSR count). The lowest BCUT2D eigenvalue weighted by Crippen LogP contribution is -2.29. The van der Waals surface area contributed by atoms with Crippen molar-refractivity contribution in [1.82, 2.24) is 9.78 Å². The van der Waals surface area contributed by atoms with Crippen LogP contribution >= 0.6 is 11.6 Å². The van der Waals surface area contributed by atoms with Gasteiger partial charge in [0, 0.05) is 12.6 Å². The van der Waals surface area contributed by atoms with Crippen LogP contribution in [0.4, 0.5) is 5.69 Å². The van der Waals surface area contributed by atoms with Gasteiger partial charge in [0.2, 0.25) is 0 Å². The molecule has 1 N–H and O–H groups in total. The smallest absolute Gasteiger partial charge is 0.287 e. The second-order valence-corrected chi connectivity index (χ2v) is 5.89. The van der Waals surface area contributed by atoms with Gasteiger partial charge in [-0.2, -0.15) is 5.10 Å². The number of aryl methyl sites for hydroxylation is 1. The second kappa shape index (κ2) is 6.42. The molecule has 5 heteroatoms. The van der Waals surface area contributed by atoms with E-state index in [4.69, 9.17) is 11.6 Å². The third-order valence-electron chi connectivity index (χ3n) is 3.72. The molecule has 0 bridgehead atoms. The van der Waals surface area contributed by atoms with Crippen molar-refractivity contribution < 1.29 is 0 Å². The molecule has 4 nitrogen and oxygen atoms in total. The number of aromatic nitrogens is 2. The summed E-state index contributed by atoms with van der Waals surface area (Å²) in [6, 6.07) is 0.407. The molecule has 0 amide bonds. The lowest BCUT2D eigenvalue weighted by Gasteiger charge is -2.28. The largest absolute Gasteiger partial charge is 0.380 e. The zero-order chi connectivity index (χ0) is 13.8. The Morgan fingerprint density at radius 2 is 2.32 bits per heavy atom. The zero-order valence-corrected chi connectivity index (χ0v) is 12.4. The Bertz CT molecular complexity index is 486. The Balaban J connectivity index is 2.12. The van der Waals surface area contributed by atoms with Gasteiger partial charge in [-0.1, -0.05) is 38.3 Å². The molecular weight excluding hydrogens is 262 g/mol. The van der Waals surface area contributed by atoms with E-state index in [2.05, 4.69) is 17.3 Å². The summed E-state index contributed by atoms with van der Waals surface area (Å²) < 4.78 is 1.43. The normalized spacial score (nSPS) is 23.3. The molecule has 0 radical (unpaired) electrons. The van der Waals surface area contributed by atoms with E-state index in [1.54, 1.807) is 6.20 Å². The molecule has 106 valence electrons. The number of nitrogens with one attached hydrogen (secondary N) is 1. The first kappa shape index (κ1) is 14.4. The number of halogens is 1. The highest BCUT2D eigenvalue weighted by Gasteiger charge is 2.20. The second-order valence-electron chi connectivity index (χ2n) is 5.51. The van der Waals surface area contributed by atoms with E-state index in [0.29, 0.717) is 18.3 Å². The van der Waals surface area contributed by atoms with Gasteiger partial charge in [0.25, 0.3) is 5.56 Å². The minimum atomic E-state index is -0.197. The van der Waals surface area contributed by atoms with Crippen molar-refractivity contribution in [3.05, 3.63) is 21.6 Å². The van der Waals surface area contributed by atoms with Crippen LogP contribution < -0.4 is 10.9 Å². The van der Waals surface area contributed by atoms with Crippen LogP contribution in [-0.4, -0.2) is 15.8 Å². The molecule has 1 aliphatic carbocycles. The Labute approximate surface area is 119 Å². The van der Waals surface area contributed by atoms with Crippen LogP contribution in [0.5, 0.6) is 0 Å². The maximum absolute atomic E-state index is 12.0. The van der Waals surface area contributed by atoms with Crippen molar-refractivity contribution in [2.45, 2.75) is 58.5 Å². The van der Waals surface area contributed by atoms with Crippen molar-refractivity contribution in [2.24, 2.45) is 5.92 Å². The summed E-state index contributed by atoms with van der Waals surface area (Å²) in [7, 11) is 0. The Morgan fingerprint density at radius 1 is 1.53 bits per heavy atom. The topological polar surface area (TPSA) is 46.9 Å². The van der Waals surface area contributed by atoms with Gasteiger partial charge in [0.1, 0.15) is 5.02 Å². The molecule has 1 aliphatic rings. The van der Waals surface area contributed by atoms with Gasteiger partial charge in [0.05, 0.1) is 11.9 Å². The fourth-order valence-electron chi connectivity index (χ4n) is 2.72. The Morgan fingerprint density at radius 3 is 3.00 bits per heavy atom. The third-order valence-corrected chi connectivity index (χ3v) is 4.08. The molecule has 2 atom stereocenters. The number of nitrogens with zero attached hydrogens (tertiary/aromatic N) is 2. The maximum atomic E-state index is 12.0. The molecule has 0 saturated heterocycles. The molecule has 0 aliphatic heterocycles. The Kier molecular flexibility index (Phi) is 4.86. The molecule has 1 aromatic heterocycles. The molecule has 0 aromatic carbocycles. The predicted molar refractivity (Wildman–Crippen MR) is 78.8 cm³/mol. The van der Waals surface area contributed by atoms with Crippen LogP contribution in [0.3, 0.4) is 0 Å². The van der Waals surface area contributed by atoms with Gasteiger partial charge in [0.15, 0.2) is 0 Å². The predicted octanol–water partition coefficient (Wildman–Crippen LogP) is 3.30. The van der Waals surface area contributed by atoms with Crippen molar-refractivity contribution in [2.75, 3.05) is 5.32 Å². The summed E-state index contributed by atoms with van der Waals surface area (Å²) in [6.45, 7) is 4.89. The van der Waals surface area contributed by atoms with Gasteiger partial charge in [-0.25, -0.2) is 4.68 Å². The van der Waals surface area contributed by atoms with E-state index in [-0.39, 0.29) is 10.6 Å². The quantitative estimate of drug-likeness (QED) is 0.922. The van der Waals surface area contributed by atoms with Gasteiger partial charge in [-0.05, 0) is 25.2 Å². The first-order valence-corrected chi connectivity index (χ1v) is 7.51. The van der Waals surface area contributed by atoms with Crippen LogP contribution in [-0.2, 0) is 6.54 Å². The fourth-order valence-corrected chi connectivity index (χ4v) is 2.92. The molecular formula is C14H22ClN3O. The summed E-state index contributed by atoms with van der Waals surface area (Å²) in [5, 5.41) is 7.82. The molecule has 0 spiro atoms. The first-order valence-electron chi connectivity index (χ1n) is 7.14. The fraction of sp³-hybridized carbons (Fsp3) is 0.714. The van der Waals surface area contributed by atoms with E-state index in [0.717, 1.165) is 25.2 Å². The van der Waals surface area contributed by atoms with E-state index < -0.39 is 0 Å². The summed E-state index contributed by atoms with van der Waals surface area (Å²) in [5.74, 6) is 0.735. The monoisotopic (exact) mass is 283 g/mol. The van der Waals surface area contributed by atoms with Crippen molar-refractivity contribution >= 4 is 17.3 Å². The molecule has 2 unspecified atom stereocenters.